The van der Waals surface area contributed by atoms with Crippen molar-refractivity contribution >= 4 is 28.8 Å². The van der Waals surface area contributed by atoms with Gasteiger partial charge in [0.1, 0.15) is 5.75 Å². The first kappa shape index (κ1) is 11.8. The minimum absolute atomic E-state index is 0.0720. The van der Waals surface area contributed by atoms with Crippen LogP contribution >= 0.6 is 11.8 Å². The third-order valence-electron chi connectivity index (χ3n) is 2.75. The Labute approximate surface area is 112 Å². The molecule has 6 nitrogen and oxygen atoms in total. The lowest BCUT2D eigenvalue weighted by Gasteiger charge is -2.20. The van der Waals surface area contributed by atoms with Gasteiger partial charge >= 0.3 is 0 Å². The van der Waals surface area contributed by atoms with Gasteiger partial charge < -0.3 is 10.2 Å². The van der Waals surface area contributed by atoms with E-state index in [1.54, 1.807) is 24.3 Å². The van der Waals surface area contributed by atoms with Gasteiger partial charge in [-0.1, -0.05) is 11.8 Å². The quantitative estimate of drug-likeness (QED) is 0.551. The van der Waals surface area contributed by atoms with Crippen LogP contribution in [0.3, 0.4) is 0 Å². The Bertz CT molecular complexity index is 675. The minimum Gasteiger partial charge on any atom is -0.411 e. The van der Waals surface area contributed by atoms with Crippen LogP contribution in [0.5, 0.6) is 5.75 Å². The summed E-state index contributed by atoms with van der Waals surface area (Å²) in [4.78, 5) is 16.8. The van der Waals surface area contributed by atoms with Crippen molar-refractivity contribution in [1.82, 2.24) is 0 Å². The van der Waals surface area contributed by atoms with Crippen LogP contribution in [-0.4, -0.2) is 4.92 Å². The maximum atomic E-state index is 10.8. The van der Waals surface area contributed by atoms with E-state index in [1.807, 2.05) is 6.07 Å². The van der Waals surface area contributed by atoms with Gasteiger partial charge in [0.25, 0.3) is 5.69 Å². The highest BCUT2D eigenvalue weighted by molar-refractivity contribution is 7.99. The fourth-order valence-electron chi connectivity index (χ4n) is 1.84. The summed E-state index contributed by atoms with van der Waals surface area (Å²) in [6.07, 6.45) is 0. The molecule has 0 saturated carbocycles. The largest absolute Gasteiger partial charge is 0.411 e. The Morgan fingerprint density at radius 1 is 1.16 bits per heavy atom. The zero-order chi connectivity index (χ0) is 13.4. The Hall–Kier alpha value is -2.25. The van der Waals surface area contributed by atoms with Gasteiger partial charge in [-0.15, -0.1) is 0 Å². The smallest absolute Gasteiger partial charge is 0.270 e. The van der Waals surface area contributed by atoms with Crippen LogP contribution in [0, 0.1) is 10.1 Å². The van der Waals surface area contributed by atoms with Gasteiger partial charge in [0.05, 0.1) is 16.3 Å². The lowest BCUT2D eigenvalue weighted by molar-refractivity contribution is -0.385. The van der Waals surface area contributed by atoms with Crippen LogP contribution in [0.4, 0.5) is 17.1 Å². The molecule has 3 N–H and O–H groups in total. The number of nitro benzene ring substituents is 1. The van der Waals surface area contributed by atoms with Crippen molar-refractivity contribution in [2.45, 2.75) is 9.79 Å². The molecule has 0 spiro atoms. The van der Waals surface area contributed by atoms with Crippen LogP contribution in [0.15, 0.2) is 46.2 Å². The van der Waals surface area contributed by atoms with Crippen molar-refractivity contribution in [2.75, 3.05) is 5.32 Å². The second kappa shape index (κ2) is 4.45. The average molecular weight is 275 g/mol. The predicted molar refractivity (Wildman–Crippen MR) is 71.8 cm³/mol. The normalized spacial score (nSPS) is 12.1. The number of anilines is 2. The molecule has 0 saturated heterocycles. The predicted octanol–water partition coefficient (Wildman–Crippen LogP) is 3.06. The van der Waals surface area contributed by atoms with Gasteiger partial charge in [0.2, 0.25) is 0 Å². The van der Waals surface area contributed by atoms with Gasteiger partial charge in [-0.3, -0.25) is 10.1 Å². The minimum atomic E-state index is -0.407. The Balaban J connectivity index is 2.02. The molecule has 0 unspecified atom stereocenters. The third-order valence-corrected chi connectivity index (χ3v) is 3.87. The molecular formula is C12H9N3O3S. The van der Waals surface area contributed by atoms with Crippen LogP contribution < -0.4 is 16.1 Å². The summed E-state index contributed by atoms with van der Waals surface area (Å²) < 4.78 is 0. The lowest BCUT2D eigenvalue weighted by Crippen LogP contribution is -2.04. The van der Waals surface area contributed by atoms with E-state index in [2.05, 4.69) is 10.2 Å². The molecule has 0 fully saturated rings. The second-order valence-corrected chi connectivity index (χ2v) is 5.02. The van der Waals surface area contributed by atoms with Crippen LogP contribution in [0.25, 0.3) is 0 Å². The van der Waals surface area contributed by atoms with E-state index < -0.39 is 4.92 Å². The summed E-state index contributed by atoms with van der Waals surface area (Å²) in [5, 5.41) is 14.0. The first-order chi connectivity index (χ1) is 9.17. The van der Waals surface area contributed by atoms with E-state index in [4.69, 9.17) is 5.90 Å². The van der Waals surface area contributed by atoms with Crippen molar-refractivity contribution in [2.24, 2.45) is 5.90 Å². The van der Waals surface area contributed by atoms with Gasteiger partial charge in [-0.2, -0.15) is 5.90 Å². The summed E-state index contributed by atoms with van der Waals surface area (Å²) in [6.45, 7) is 0. The molecule has 2 aromatic rings. The monoisotopic (exact) mass is 275 g/mol. The molecular weight excluding hydrogens is 266 g/mol. The van der Waals surface area contributed by atoms with Crippen molar-refractivity contribution in [3.8, 4) is 5.75 Å². The third kappa shape index (κ3) is 2.09. The average Bonchev–Trinajstić information content (AvgIpc) is 2.43. The van der Waals surface area contributed by atoms with E-state index in [1.165, 1.54) is 17.8 Å². The molecule has 19 heavy (non-hydrogen) atoms. The topological polar surface area (TPSA) is 90.4 Å². The highest BCUT2D eigenvalue weighted by Crippen LogP contribution is 2.46. The molecule has 1 aliphatic heterocycles. The van der Waals surface area contributed by atoms with Crippen molar-refractivity contribution in [3.05, 3.63) is 46.5 Å². The SMILES string of the molecule is NOc1ccc2c(c1)Sc1cc([N+](=O)[O-])ccc1N2. The fraction of sp³-hybridized carbons (Fsp3) is 0. The number of hydrogen-bond acceptors (Lipinski definition) is 6. The van der Waals surface area contributed by atoms with Crippen LogP contribution in [0.1, 0.15) is 0 Å². The first-order valence-corrected chi connectivity index (χ1v) is 6.23. The second-order valence-electron chi connectivity index (χ2n) is 3.94. The molecule has 0 aliphatic carbocycles. The summed E-state index contributed by atoms with van der Waals surface area (Å²) in [5.41, 5.74) is 1.85. The van der Waals surface area contributed by atoms with E-state index >= 15 is 0 Å². The molecule has 7 heteroatoms. The highest BCUT2D eigenvalue weighted by Gasteiger charge is 2.19. The number of nitrogens with two attached hydrogens (primary N) is 1. The zero-order valence-corrected chi connectivity index (χ0v) is 10.4. The first-order valence-electron chi connectivity index (χ1n) is 5.41. The van der Waals surface area contributed by atoms with Gasteiger partial charge in [-0.05, 0) is 24.3 Å². The maximum absolute atomic E-state index is 10.8. The lowest BCUT2D eigenvalue weighted by atomic mass is 10.2. The molecule has 0 amide bonds. The van der Waals surface area contributed by atoms with Gasteiger partial charge in [0.15, 0.2) is 0 Å². The standard InChI is InChI=1S/C12H9N3O3S/c13-18-8-2-4-10-12(6-8)19-11-5-7(15(16)17)1-3-9(11)14-10/h1-6,14H,13H2. The number of fused-ring (bicyclic) bond motifs is 2. The molecule has 0 aromatic heterocycles. The summed E-state index contributed by atoms with van der Waals surface area (Å²) in [6, 6.07) is 10.1. The number of benzene rings is 2. The molecule has 96 valence electrons. The Kier molecular flexibility index (Phi) is 2.77. The molecule has 0 bridgehead atoms. The molecule has 0 radical (unpaired) electrons. The molecule has 3 rings (SSSR count). The number of nitrogens with one attached hydrogen (secondary N) is 1. The summed E-state index contributed by atoms with van der Waals surface area (Å²) >= 11 is 1.44. The fourth-order valence-corrected chi connectivity index (χ4v) is 2.89. The molecule has 2 aromatic carbocycles. The van der Waals surface area contributed by atoms with E-state index in [0.717, 1.165) is 21.2 Å². The van der Waals surface area contributed by atoms with Crippen molar-refractivity contribution in [3.63, 3.8) is 0 Å². The van der Waals surface area contributed by atoms with Crippen LogP contribution in [-0.2, 0) is 0 Å². The van der Waals surface area contributed by atoms with Crippen LogP contribution in [0.2, 0.25) is 0 Å². The summed E-state index contributed by atoms with van der Waals surface area (Å²) in [7, 11) is 0. The zero-order valence-electron chi connectivity index (χ0n) is 9.62. The van der Waals surface area contributed by atoms with Gasteiger partial charge in [-0.25, -0.2) is 0 Å². The molecule has 1 aliphatic rings. The van der Waals surface area contributed by atoms with Crippen molar-refractivity contribution in [1.29, 1.82) is 0 Å². The van der Waals surface area contributed by atoms with E-state index in [-0.39, 0.29) is 5.69 Å². The number of nitrogens with zero attached hydrogens (tertiary/aromatic N) is 1. The number of rotatable bonds is 2. The maximum Gasteiger partial charge on any atom is 0.270 e. The summed E-state index contributed by atoms with van der Waals surface area (Å²) in [5.74, 6) is 5.67. The van der Waals surface area contributed by atoms with Gasteiger partial charge in [0, 0.05) is 21.9 Å². The number of hydrogen-bond donors (Lipinski definition) is 2. The number of non-ortho nitro benzene ring substituents is 1. The highest BCUT2D eigenvalue weighted by atomic mass is 32.2. The van der Waals surface area contributed by atoms with Crippen molar-refractivity contribution < 1.29 is 9.76 Å². The van der Waals surface area contributed by atoms with E-state index in [9.17, 15) is 10.1 Å². The molecule has 1 heterocycles. The molecule has 0 atom stereocenters. The number of nitro groups is 1. The Morgan fingerprint density at radius 2 is 1.84 bits per heavy atom. The Morgan fingerprint density at radius 3 is 2.53 bits per heavy atom. The van der Waals surface area contributed by atoms with E-state index in [0.29, 0.717) is 5.75 Å².